The van der Waals surface area contributed by atoms with Gasteiger partial charge in [0.1, 0.15) is 5.75 Å². The third kappa shape index (κ3) is 4.25. The van der Waals surface area contributed by atoms with Gasteiger partial charge in [0.2, 0.25) is 0 Å². The average molecular weight is 353 g/mol. The van der Waals surface area contributed by atoms with E-state index in [2.05, 4.69) is 5.32 Å². The number of halogens is 2. The molecule has 0 spiro atoms. The van der Waals surface area contributed by atoms with Crippen LogP contribution in [0.2, 0.25) is 0 Å². The van der Waals surface area contributed by atoms with Gasteiger partial charge in [0.15, 0.2) is 11.6 Å². The van der Waals surface area contributed by atoms with Crippen molar-refractivity contribution in [1.29, 1.82) is 0 Å². The van der Waals surface area contributed by atoms with Crippen LogP contribution in [0.15, 0.2) is 72.8 Å². The van der Waals surface area contributed by atoms with E-state index in [1.165, 1.54) is 12.1 Å². The number of hydrogen-bond acceptors (Lipinski definition) is 2. The molecule has 0 aromatic heterocycles. The first kappa shape index (κ1) is 17.6. The summed E-state index contributed by atoms with van der Waals surface area (Å²) in [6.45, 7) is 0.422. The Hall–Kier alpha value is -3.21. The van der Waals surface area contributed by atoms with E-state index in [1.54, 1.807) is 24.3 Å². The third-order valence-electron chi connectivity index (χ3n) is 3.82. The minimum atomic E-state index is -1.17. The molecule has 0 atom stereocenters. The first-order chi connectivity index (χ1) is 12.6. The molecule has 0 saturated heterocycles. The maximum atomic E-state index is 13.8. The van der Waals surface area contributed by atoms with Crippen LogP contribution in [0.1, 0.15) is 15.9 Å². The van der Waals surface area contributed by atoms with Crippen molar-refractivity contribution in [3.63, 3.8) is 0 Å². The molecule has 5 heteroatoms. The highest BCUT2D eigenvalue weighted by atomic mass is 19.2. The number of para-hydroxylation sites is 2. The molecule has 0 bridgehead atoms. The van der Waals surface area contributed by atoms with Crippen LogP contribution in [0.4, 0.5) is 14.5 Å². The summed E-state index contributed by atoms with van der Waals surface area (Å²) in [4.78, 5) is 12.3. The third-order valence-corrected chi connectivity index (χ3v) is 3.82. The summed E-state index contributed by atoms with van der Waals surface area (Å²) >= 11 is 0. The summed E-state index contributed by atoms with van der Waals surface area (Å²) in [6.07, 6.45) is 0.710. The highest BCUT2D eigenvalue weighted by Gasteiger charge is 2.16. The predicted octanol–water partition coefficient (Wildman–Crippen LogP) is 4.84. The molecule has 3 aromatic rings. The van der Waals surface area contributed by atoms with Crippen molar-refractivity contribution in [3.05, 3.63) is 95.6 Å². The van der Waals surface area contributed by atoms with Gasteiger partial charge in [-0.25, -0.2) is 8.78 Å². The van der Waals surface area contributed by atoms with Crippen molar-refractivity contribution in [2.75, 3.05) is 11.9 Å². The summed E-state index contributed by atoms with van der Waals surface area (Å²) in [6, 6.07) is 20.2. The second-order valence-corrected chi connectivity index (χ2v) is 5.64. The zero-order chi connectivity index (χ0) is 18.4. The summed E-state index contributed by atoms with van der Waals surface area (Å²) in [5.41, 5.74) is 1.18. The molecular weight excluding hydrogens is 336 g/mol. The van der Waals surface area contributed by atoms with Crippen LogP contribution in [-0.4, -0.2) is 12.5 Å². The molecule has 0 radical (unpaired) electrons. The number of anilines is 1. The zero-order valence-electron chi connectivity index (χ0n) is 13.9. The number of hydrogen-bond donors (Lipinski definition) is 1. The van der Waals surface area contributed by atoms with Crippen LogP contribution in [0, 0.1) is 11.6 Å². The van der Waals surface area contributed by atoms with Gasteiger partial charge in [0, 0.05) is 6.42 Å². The normalized spacial score (nSPS) is 10.4. The molecule has 0 unspecified atom stereocenters. The van der Waals surface area contributed by atoms with Crippen molar-refractivity contribution in [2.45, 2.75) is 6.42 Å². The van der Waals surface area contributed by atoms with E-state index < -0.39 is 17.5 Å². The molecule has 132 valence electrons. The van der Waals surface area contributed by atoms with Gasteiger partial charge in [0.05, 0.1) is 17.9 Å². The van der Waals surface area contributed by atoms with E-state index in [1.807, 2.05) is 30.3 Å². The molecular formula is C21H17F2NO2. The van der Waals surface area contributed by atoms with Crippen LogP contribution < -0.4 is 10.1 Å². The van der Waals surface area contributed by atoms with E-state index in [4.69, 9.17) is 4.74 Å². The van der Waals surface area contributed by atoms with E-state index >= 15 is 0 Å². The maximum Gasteiger partial charge on any atom is 0.258 e. The molecule has 1 N–H and O–H groups in total. The Labute approximate surface area is 150 Å². The lowest BCUT2D eigenvalue weighted by atomic mass is 10.1. The van der Waals surface area contributed by atoms with Gasteiger partial charge >= 0.3 is 0 Å². The molecule has 0 aliphatic carbocycles. The Balaban J connectivity index is 1.69. The van der Waals surface area contributed by atoms with Crippen molar-refractivity contribution in [3.8, 4) is 5.75 Å². The Kier molecular flexibility index (Phi) is 5.59. The van der Waals surface area contributed by atoms with Crippen molar-refractivity contribution in [1.82, 2.24) is 0 Å². The predicted molar refractivity (Wildman–Crippen MR) is 96.4 cm³/mol. The largest absolute Gasteiger partial charge is 0.491 e. The number of ether oxygens (including phenoxy) is 1. The minimum absolute atomic E-state index is 0.357. The fourth-order valence-electron chi connectivity index (χ4n) is 2.49. The Morgan fingerprint density at radius 3 is 2.42 bits per heavy atom. The summed E-state index contributed by atoms with van der Waals surface area (Å²) in [5.74, 6) is -2.51. The van der Waals surface area contributed by atoms with Gasteiger partial charge in [-0.15, -0.1) is 0 Å². The van der Waals surface area contributed by atoms with Gasteiger partial charge in [-0.1, -0.05) is 48.5 Å². The summed E-state index contributed by atoms with van der Waals surface area (Å²) in [5, 5.41) is 2.57. The molecule has 3 aromatic carbocycles. The second kappa shape index (κ2) is 8.25. The minimum Gasteiger partial charge on any atom is -0.491 e. The van der Waals surface area contributed by atoms with E-state index in [9.17, 15) is 13.6 Å². The molecule has 3 nitrogen and oxygen atoms in total. The maximum absolute atomic E-state index is 13.8. The summed E-state index contributed by atoms with van der Waals surface area (Å²) < 4.78 is 32.8. The Bertz CT molecular complexity index is 898. The van der Waals surface area contributed by atoms with Crippen molar-refractivity contribution in [2.24, 2.45) is 0 Å². The molecule has 0 fully saturated rings. The first-order valence-electron chi connectivity index (χ1n) is 8.16. The van der Waals surface area contributed by atoms with Crippen LogP contribution in [0.25, 0.3) is 0 Å². The van der Waals surface area contributed by atoms with Crippen LogP contribution >= 0.6 is 0 Å². The molecule has 0 saturated carbocycles. The van der Waals surface area contributed by atoms with Gasteiger partial charge in [0.25, 0.3) is 5.91 Å². The second-order valence-electron chi connectivity index (χ2n) is 5.64. The molecule has 0 aliphatic rings. The quantitative estimate of drug-likeness (QED) is 0.689. The molecule has 3 rings (SSSR count). The molecule has 26 heavy (non-hydrogen) atoms. The topological polar surface area (TPSA) is 38.3 Å². The van der Waals surface area contributed by atoms with Crippen LogP contribution in [-0.2, 0) is 6.42 Å². The highest BCUT2D eigenvalue weighted by Crippen LogP contribution is 2.25. The lowest BCUT2D eigenvalue weighted by molar-refractivity contribution is 0.102. The van der Waals surface area contributed by atoms with Gasteiger partial charge in [-0.2, -0.15) is 0 Å². The molecule has 0 heterocycles. The monoisotopic (exact) mass is 353 g/mol. The fraction of sp³-hybridized carbons (Fsp3) is 0.0952. The molecule has 0 aliphatic heterocycles. The number of nitrogens with one attached hydrogen (secondary N) is 1. The lowest BCUT2D eigenvalue weighted by Gasteiger charge is -2.13. The van der Waals surface area contributed by atoms with E-state index in [0.717, 1.165) is 11.6 Å². The fourth-order valence-corrected chi connectivity index (χ4v) is 2.49. The molecule has 1 amide bonds. The van der Waals surface area contributed by atoms with Crippen molar-refractivity contribution < 1.29 is 18.3 Å². The SMILES string of the molecule is O=C(Nc1ccccc1OCCc1ccccc1)c1cccc(F)c1F. The summed E-state index contributed by atoms with van der Waals surface area (Å²) in [7, 11) is 0. The van der Waals surface area contributed by atoms with Gasteiger partial charge in [-0.05, 0) is 29.8 Å². The number of carbonyl (C=O) groups excluding carboxylic acids is 1. The van der Waals surface area contributed by atoms with Crippen LogP contribution in [0.3, 0.4) is 0 Å². The number of carbonyl (C=O) groups is 1. The number of rotatable bonds is 6. The Morgan fingerprint density at radius 1 is 0.885 bits per heavy atom. The van der Waals surface area contributed by atoms with Crippen molar-refractivity contribution >= 4 is 11.6 Å². The Morgan fingerprint density at radius 2 is 1.62 bits per heavy atom. The van der Waals surface area contributed by atoms with E-state index in [0.29, 0.717) is 24.5 Å². The standard InChI is InChI=1S/C21H17F2NO2/c22-17-10-6-9-16(20(17)23)21(25)24-18-11-4-5-12-19(18)26-14-13-15-7-2-1-3-8-15/h1-12H,13-14H2,(H,24,25). The first-order valence-corrected chi connectivity index (χ1v) is 8.16. The highest BCUT2D eigenvalue weighted by molar-refractivity contribution is 6.05. The zero-order valence-corrected chi connectivity index (χ0v) is 13.9. The smallest absolute Gasteiger partial charge is 0.258 e. The number of amides is 1. The average Bonchev–Trinajstić information content (AvgIpc) is 2.66. The van der Waals surface area contributed by atoms with Gasteiger partial charge < -0.3 is 10.1 Å². The number of benzene rings is 3. The van der Waals surface area contributed by atoms with Gasteiger partial charge in [-0.3, -0.25) is 4.79 Å². The lowest BCUT2D eigenvalue weighted by Crippen LogP contribution is -2.15. The van der Waals surface area contributed by atoms with E-state index in [-0.39, 0.29) is 5.56 Å². The van der Waals surface area contributed by atoms with Crippen LogP contribution in [0.5, 0.6) is 5.75 Å².